The molecular formula is C12H11ClPPd. The predicted octanol–water partition coefficient (Wildman–Crippen LogP) is 3.00. The fourth-order valence-corrected chi connectivity index (χ4v) is 2.26. The summed E-state index contributed by atoms with van der Waals surface area (Å²) < 4.78 is 0. The van der Waals surface area contributed by atoms with Crippen molar-refractivity contribution < 1.29 is 18.2 Å². The number of halogens is 1. The first-order valence-corrected chi connectivity index (χ1v) is 7.44. The molecule has 15 heavy (non-hydrogen) atoms. The summed E-state index contributed by atoms with van der Waals surface area (Å²) >= 11 is 2.22. The van der Waals surface area contributed by atoms with Crippen LogP contribution in [0.25, 0.3) is 0 Å². The van der Waals surface area contributed by atoms with E-state index >= 15 is 0 Å². The van der Waals surface area contributed by atoms with E-state index < -0.39 is 0 Å². The van der Waals surface area contributed by atoms with Crippen LogP contribution in [0.3, 0.4) is 0 Å². The van der Waals surface area contributed by atoms with Gasteiger partial charge >= 0.3 is 27.7 Å². The number of hydrogen-bond acceptors (Lipinski definition) is 0. The third kappa shape index (κ3) is 4.92. The van der Waals surface area contributed by atoms with E-state index in [1.165, 1.54) is 10.6 Å². The number of hydrogen-bond donors (Lipinski definition) is 0. The first-order valence-electron chi connectivity index (χ1n) is 4.44. The molecule has 0 saturated heterocycles. The summed E-state index contributed by atoms with van der Waals surface area (Å²) in [5.41, 5.74) is 0. The van der Waals surface area contributed by atoms with Crippen molar-refractivity contribution in [3.63, 3.8) is 0 Å². The Hall–Kier alpha value is -0.178. The maximum Gasteiger partial charge on any atom is -0.0226 e. The summed E-state index contributed by atoms with van der Waals surface area (Å²) in [6, 6.07) is 21.2. The maximum absolute atomic E-state index is 4.49. The topological polar surface area (TPSA) is 0 Å². The molecule has 0 radical (unpaired) electrons. The summed E-state index contributed by atoms with van der Waals surface area (Å²) in [7, 11) is 5.27. The molecule has 0 aliphatic heterocycles. The quantitative estimate of drug-likeness (QED) is 0.587. The molecule has 0 amide bonds. The Morgan fingerprint density at radius 3 is 1.33 bits per heavy atom. The van der Waals surface area contributed by atoms with Gasteiger partial charge in [-0.1, -0.05) is 69.2 Å². The van der Waals surface area contributed by atoms with Gasteiger partial charge in [0.05, 0.1) is 0 Å². The van der Waals surface area contributed by atoms with Gasteiger partial charge in [0.2, 0.25) is 0 Å². The zero-order chi connectivity index (χ0) is 10.9. The van der Waals surface area contributed by atoms with Crippen molar-refractivity contribution in [2.75, 3.05) is 0 Å². The molecule has 0 bridgehead atoms. The molecule has 81 valence electrons. The standard InChI is InChI=1S/C12H11P.ClH.Pd/c1-3-7-11(8-4-1)13-12-9-5-2-6-10-12;;/h1-10,13H;1H;/q;;+1/p-1. The van der Waals surface area contributed by atoms with E-state index in [1.807, 2.05) is 0 Å². The maximum atomic E-state index is 4.49. The van der Waals surface area contributed by atoms with Crippen LogP contribution >= 0.6 is 18.1 Å². The Morgan fingerprint density at radius 2 is 1.00 bits per heavy atom. The van der Waals surface area contributed by atoms with Gasteiger partial charge in [0.1, 0.15) is 0 Å². The first kappa shape index (κ1) is 12.9. The molecule has 0 spiro atoms. The molecule has 2 rings (SSSR count). The second-order valence-corrected chi connectivity index (χ2v) is 4.26. The summed E-state index contributed by atoms with van der Waals surface area (Å²) in [5, 5.41) is 2.79. The van der Waals surface area contributed by atoms with E-state index in [4.69, 9.17) is 0 Å². The largest absolute Gasteiger partial charge is 0.0622 e. The van der Waals surface area contributed by atoms with E-state index in [0.717, 1.165) is 8.58 Å². The number of benzene rings is 2. The van der Waals surface area contributed by atoms with Crippen LogP contribution in [0.2, 0.25) is 0 Å². The van der Waals surface area contributed by atoms with Crippen LogP contribution in [0, 0.1) is 0 Å². The van der Waals surface area contributed by atoms with Crippen LogP contribution in [-0.4, -0.2) is 0 Å². The first-order chi connectivity index (χ1) is 7.45. The van der Waals surface area contributed by atoms with Crippen LogP contribution < -0.4 is 10.6 Å². The van der Waals surface area contributed by atoms with Gasteiger partial charge in [0, 0.05) is 0 Å². The van der Waals surface area contributed by atoms with Crippen LogP contribution in [0.5, 0.6) is 0 Å². The normalized spacial score (nSPS) is 9.00. The number of rotatable bonds is 2. The summed E-state index contributed by atoms with van der Waals surface area (Å²) in [5.74, 6) is 0. The molecule has 0 aromatic heterocycles. The average molecular weight is 328 g/mol. The second kappa shape index (κ2) is 8.03. The Morgan fingerprint density at radius 1 is 0.667 bits per heavy atom. The Bertz CT molecular complexity index is 326. The minimum Gasteiger partial charge on any atom is -0.0622 e. The van der Waals surface area contributed by atoms with Crippen molar-refractivity contribution in [1.29, 1.82) is 0 Å². The monoisotopic (exact) mass is 327 g/mol. The SMILES string of the molecule is [Cl][Pd].c1ccc(Pc2ccccc2)cc1. The van der Waals surface area contributed by atoms with Crippen molar-refractivity contribution in [1.82, 2.24) is 0 Å². The van der Waals surface area contributed by atoms with E-state index in [2.05, 4.69) is 88.4 Å². The van der Waals surface area contributed by atoms with Gasteiger partial charge in [-0.2, -0.15) is 0 Å². The van der Waals surface area contributed by atoms with E-state index in [-0.39, 0.29) is 0 Å². The van der Waals surface area contributed by atoms with Gasteiger partial charge in [-0.15, -0.1) is 0 Å². The molecule has 0 N–H and O–H groups in total. The van der Waals surface area contributed by atoms with Crippen molar-refractivity contribution in [3.05, 3.63) is 60.7 Å². The van der Waals surface area contributed by atoms with Crippen molar-refractivity contribution in [3.8, 4) is 0 Å². The average Bonchev–Trinajstić information content (AvgIpc) is 2.34. The van der Waals surface area contributed by atoms with Crippen molar-refractivity contribution in [2.45, 2.75) is 0 Å². The van der Waals surface area contributed by atoms with Gasteiger partial charge in [0.15, 0.2) is 0 Å². The molecule has 0 heterocycles. The molecule has 0 aliphatic rings. The van der Waals surface area contributed by atoms with Crippen molar-refractivity contribution in [2.24, 2.45) is 0 Å². The third-order valence-corrected chi connectivity index (χ3v) is 3.08. The molecule has 0 atom stereocenters. The van der Waals surface area contributed by atoms with Gasteiger partial charge < -0.3 is 0 Å². The van der Waals surface area contributed by atoms with Gasteiger partial charge in [-0.25, -0.2) is 0 Å². The molecule has 0 aliphatic carbocycles. The smallest absolute Gasteiger partial charge is 0.0226 e. The van der Waals surface area contributed by atoms with Crippen molar-refractivity contribution >= 4 is 28.7 Å². The van der Waals surface area contributed by atoms with Crippen LogP contribution in [-0.2, 0) is 18.2 Å². The van der Waals surface area contributed by atoms with Crippen LogP contribution in [0.1, 0.15) is 0 Å². The Balaban J connectivity index is 0.000000531. The van der Waals surface area contributed by atoms with Gasteiger partial charge in [-0.3, -0.25) is 0 Å². The second-order valence-electron chi connectivity index (χ2n) is 2.86. The molecule has 2 aromatic rings. The zero-order valence-electron chi connectivity index (χ0n) is 7.97. The summed E-state index contributed by atoms with van der Waals surface area (Å²) in [4.78, 5) is 0. The fraction of sp³-hybridized carbons (Fsp3) is 0. The van der Waals surface area contributed by atoms with Gasteiger partial charge in [0.25, 0.3) is 0 Å². The molecule has 0 fully saturated rings. The summed E-state index contributed by atoms with van der Waals surface area (Å²) in [6.45, 7) is 0. The molecular weight excluding hydrogens is 317 g/mol. The minimum atomic E-state index is 0.777. The van der Waals surface area contributed by atoms with E-state index in [1.54, 1.807) is 0 Å². The molecule has 0 saturated carbocycles. The van der Waals surface area contributed by atoms with E-state index in [0.29, 0.717) is 0 Å². The predicted molar refractivity (Wildman–Crippen MR) is 66.3 cm³/mol. The minimum absolute atomic E-state index is 0.777. The zero-order valence-corrected chi connectivity index (χ0v) is 11.3. The van der Waals surface area contributed by atoms with E-state index in [9.17, 15) is 0 Å². The fourth-order valence-electron chi connectivity index (χ4n) is 1.21. The molecule has 3 heteroatoms. The van der Waals surface area contributed by atoms with Gasteiger partial charge in [-0.05, 0) is 10.6 Å². The molecule has 2 aromatic carbocycles. The van der Waals surface area contributed by atoms with Crippen LogP contribution in [0.15, 0.2) is 60.7 Å². The van der Waals surface area contributed by atoms with Crippen LogP contribution in [0.4, 0.5) is 0 Å². The molecule has 0 unspecified atom stereocenters. The Labute approximate surface area is 107 Å². The molecule has 0 nitrogen and oxygen atoms in total. The third-order valence-electron chi connectivity index (χ3n) is 1.84. The Kier molecular flexibility index (Phi) is 6.90. The summed E-state index contributed by atoms with van der Waals surface area (Å²) in [6.07, 6.45) is 0.